The van der Waals surface area contributed by atoms with Crippen molar-refractivity contribution in [2.75, 3.05) is 20.3 Å². The fourth-order valence-corrected chi connectivity index (χ4v) is 7.35. The first-order valence-electron chi connectivity index (χ1n) is 10.6. The monoisotopic (exact) mass is 356 g/mol. The third-order valence-electron chi connectivity index (χ3n) is 8.42. The van der Waals surface area contributed by atoms with Crippen LogP contribution in [0, 0.1) is 17.3 Å². The molecular weight excluding hydrogens is 324 g/mol. The Morgan fingerprint density at radius 1 is 1.12 bits per heavy atom. The Morgan fingerprint density at radius 3 is 2.65 bits per heavy atom. The predicted octanol–water partition coefficient (Wildman–Crippen LogP) is 5.25. The molecule has 5 atom stereocenters. The van der Waals surface area contributed by atoms with Crippen LogP contribution in [0.1, 0.15) is 75.3 Å². The summed E-state index contributed by atoms with van der Waals surface area (Å²) in [4.78, 5) is 0. The van der Waals surface area contributed by atoms with Gasteiger partial charge in [0.1, 0.15) is 5.75 Å². The van der Waals surface area contributed by atoms with Crippen LogP contribution in [0.4, 0.5) is 0 Å². The number of methoxy groups -OCH3 is 1. The van der Waals surface area contributed by atoms with E-state index in [-0.39, 0.29) is 11.2 Å². The minimum absolute atomic E-state index is 0.231. The average Bonchev–Trinajstić information content (AvgIpc) is 3.28. The summed E-state index contributed by atoms with van der Waals surface area (Å²) in [5, 5.41) is 0. The van der Waals surface area contributed by atoms with Gasteiger partial charge < -0.3 is 14.2 Å². The summed E-state index contributed by atoms with van der Waals surface area (Å²) >= 11 is 0. The molecule has 1 spiro atoms. The van der Waals surface area contributed by atoms with Crippen molar-refractivity contribution in [2.24, 2.45) is 17.3 Å². The second-order valence-electron chi connectivity index (χ2n) is 9.05. The number of fused-ring (bicyclic) bond motifs is 6. The van der Waals surface area contributed by atoms with Crippen molar-refractivity contribution in [3.05, 3.63) is 29.3 Å². The van der Waals surface area contributed by atoms with Crippen molar-refractivity contribution in [1.82, 2.24) is 0 Å². The zero-order chi connectivity index (χ0) is 17.9. The van der Waals surface area contributed by atoms with Gasteiger partial charge in [0.25, 0.3) is 0 Å². The highest BCUT2D eigenvalue weighted by atomic mass is 16.7. The third-order valence-corrected chi connectivity index (χ3v) is 8.42. The van der Waals surface area contributed by atoms with Crippen LogP contribution in [0.15, 0.2) is 18.2 Å². The molecule has 0 bridgehead atoms. The quantitative estimate of drug-likeness (QED) is 0.725. The topological polar surface area (TPSA) is 27.7 Å². The first-order chi connectivity index (χ1) is 12.6. The zero-order valence-electron chi connectivity index (χ0n) is 16.4. The molecular formula is C23H32O3. The second-order valence-corrected chi connectivity index (χ2v) is 9.05. The average molecular weight is 357 g/mol. The molecule has 2 saturated carbocycles. The lowest BCUT2D eigenvalue weighted by molar-refractivity contribution is -0.244. The Labute approximate surface area is 157 Å². The van der Waals surface area contributed by atoms with Crippen LogP contribution < -0.4 is 4.74 Å². The Bertz CT molecular complexity index is 693. The van der Waals surface area contributed by atoms with Gasteiger partial charge in [-0.1, -0.05) is 19.9 Å². The summed E-state index contributed by atoms with van der Waals surface area (Å²) in [7, 11) is 1.77. The van der Waals surface area contributed by atoms with E-state index in [0.717, 1.165) is 37.2 Å². The Hall–Kier alpha value is -1.06. The summed E-state index contributed by atoms with van der Waals surface area (Å²) < 4.78 is 18.2. The van der Waals surface area contributed by atoms with E-state index in [1.54, 1.807) is 12.7 Å². The molecule has 3 nitrogen and oxygen atoms in total. The van der Waals surface area contributed by atoms with Crippen LogP contribution in [-0.4, -0.2) is 26.1 Å². The Morgan fingerprint density at radius 2 is 1.92 bits per heavy atom. The van der Waals surface area contributed by atoms with Gasteiger partial charge in [0.2, 0.25) is 0 Å². The number of hydrogen-bond donors (Lipinski definition) is 0. The van der Waals surface area contributed by atoms with Gasteiger partial charge in [0, 0.05) is 11.8 Å². The molecule has 5 rings (SSSR count). The highest BCUT2D eigenvalue weighted by Crippen LogP contribution is 2.68. The standard InChI is InChI=1S/C23H32O3/c1-4-22-9-7-18-17-6-5-16(24-3)14-19(17)15(2)13-20(18)21(22)8-10-23(22)25-11-12-26-23/h5-6,14-15,18,20-21H,4,7-13H2,1-3H3/t15?,18-,20-,21+,22+/m1/s1. The van der Waals surface area contributed by atoms with Crippen molar-refractivity contribution >= 4 is 0 Å². The minimum Gasteiger partial charge on any atom is -0.497 e. The van der Waals surface area contributed by atoms with E-state index in [1.165, 1.54) is 37.7 Å². The molecule has 0 aromatic heterocycles. The summed E-state index contributed by atoms with van der Waals surface area (Å²) in [5.41, 5.74) is 3.35. The maximum Gasteiger partial charge on any atom is 0.174 e. The van der Waals surface area contributed by atoms with Crippen LogP contribution >= 0.6 is 0 Å². The van der Waals surface area contributed by atoms with Crippen LogP contribution in [0.25, 0.3) is 0 Å². The highest BCUT2D eigenvalue weighted by molar-refractivity contribution is 5.43. The lowest BCUT2D eigenvalue weighted by Crippen LogP contribution is -2.53. The fourth-order valence-electron chi connectivity index (χ4n) is 7.35. The first-order valence-corrected chi connectivity index (χ1v) is 10.6. The minimum atomic E-state index is -0.277. The van der Waals surface area contributed by atoms with Gasteiger partial charge in [0.05, 0.1) is 20.3 Å². The number of benzene rings is 1. The Kier molecular flexibility index (Phi) is 3.92. The van der Waals surface area contributed by atoms with Gasteiger partial charge in [0.15, 0.2) is 5.79 Å². The SMILES string of the molecule is CC[C@]12CC[C@@H]3c4ccc(OC)cc4C(C)C[C@H]3[C@@H]1CCC21OCCO1. The van der Waals surface area contributed by atoms with Crippen molar-refractivity contribution in [3.8, 4) is 5.75 Å². The maximum atomic E-state index is 6.33. The molecule has 0 radical (unpaired) electrons. The highest BCUT2D eigenvalue weighted by Gasteiger charge is 2.66. The molecule has 4 aliphatic rings. The molecule has 26 heavy (non-hydrogen) atoms. The molecule has 0 amide bonds. The molecule has 142 valence electrons. The summed E-state index contributed by atoms with van der Waals surface area (Å²) in [5.74, 6) is 3.54. The van der Waals surface area contributed by atoms with Gasteiger partial charge in [-0.2, -0.15) is 0 Å². The smallest absolute Gasteiger partial charge is 0.174 e. The number of rotatable bonds is 2. The third kappa shape index (κ3) is 2.08. The molecule has 1 aromatic carbocycles. The molecule has 1 heterocycles. The van der Waals surface area contributed by atoms with Crippen LogP contribution in [-0.2, 0) is 9.47 Å². The molecule has 1 saturated heterocycles. The van der Waals surface area contributed by atoms with E-state index in [4.69, 9.17) is 14.2 Å². The lowest BCUT2D eigenvalue weighted by Gasteiger charge is -2.55. The van der Waals surface area contributed by atoms with E-state index in [9.17, 15) is 0 Å². The van der Waals surface area contributed by atoms with Crippen molar-refractivity contribution in [2.45, 2.75) is 70.0 Å². The van der Waals surface area contributed by atoms with Crippen molar-refractivity contribution in [3.63, 3.8) is 0 Å². The largest absolute Gasteiger partial charge is 0.497 e. The second kappa shape index (κ2) is 5.97. The van der Waals surface area contributed by atoms with Gasteiger partial charge in [-0.05, 0) is 79.0 Å². The molecule has 1 unspecified atom stereocenters. The van der Waals surface area contributed by atoms with E-state index >= 15 is 0 Å². The van der Waals surface area contributed by atoms with E-state index in [1.807, 2.05) is 0 Å². The lowest BCUT2D eigenvalue weighted by atomic mass is 9.52. The zero-order valence-corrected chi connectivity index (χ0v) is 16.4. The van der Waals surface area contributed by atoms with Gasteiger partial charge >= 0.3 is 0 Å². The molecule has 1 aromatic rings. The number of ether oxygens (including phenoxy) is 3. The molecule has 1 aliphatic heterocycles. The normalized spacial score (nSPS) is 40.1. The fraction of sp³-hybridized carbons (Fsp3) is 0.739. The Balaban J connectivity index is 1.54. The molecule has 3 aliphatic carbocycles. The van der Waals surface area contributed by atoms with Crippen molar-refractivity contribution in [1.29, 1.82) is 0 Å². The van der Waals surface area contributed by atoms with Crippen molar-refractivity contribution < 1.29 is 14.2 Å². The predicted molar refractivity (Wildman–Crippen MR) is 102 cm³/mol. The number of hydrogen-bond acceptors (Lipinski definition) is 3. The van der Waals surface area contributed by atoms with E-state index in [2.05, 4.69) is 32.0 Å². The molecule has 3 fully saturated rings. The maximum absolute atomic E-state index is 6.33. The summed E-state index contributed by atoms with van der Waals surface area (Å²) in [6.45, 7) is 6.34. The molecule has 0 N–H and O–H groups in total. The first kappa shape index (κ1) is 17.1. The van der Waals surface area contributed by atoms with Crippen LogP contribution in [0.3, 0.4) is 0 Å². The van der Waals surface area contributed by atoms with E-state index < -0.39 is 0 Å². The van der Waals surface area contributed by atoms with Gasteiger partial charge in [-0.25, -0.2) is 0 Å². The summed E-state index contributed by atoms with van der Waals surface area (Å²) in [6, 6.07) is 6.81. The van der Waals surface area contributed by atoms with Gasteiger partial charge in [-0.3, -0.25) is 0 Å². The van der Waals surface area contributed by atoms with Crippen LogP contribution in [0.2, 0.25) is 0 Å². The molecule has 3 heteroatoms. The van der Waals surface area contributed by atoms with E-state index in [0.29, 0.717) is 11.8 Å². The summed E-state index contributed by atoms with van der Waals surface area (Å²) in [6.07, 6.45) is 7.37. The van der Waals surface area contributed by atoms with Gasteiger partial charge in [-0.15, -0.1) is 0 Å². The van der Waals surface area contributed by atoms with Crippen LogP contribution in [0.5, 0.6) is 5.75 Å².